The molecule has 0 saturated heterocycles. The van der Waals surface area contributed by atoms with E-state index >= 15 is 0 Å². The van der Waals surface area contributed by atoms with Crippen LogP contribution >= 0.6 is 11.3 Å². The zero-order valence-electron chi connectivity index (χ0n) is 28.5. The van der Waals surface area contributed by atoms with Crippen LogP contribution in [0.25, 0.3) is 82.5 Å². The Labute approximate surface area is 326 Å². The van der Waals surface area contributed by atoms with Crippen molar-refractivity contribution in [2.75, 3.05) is 0 Å². The Hall–Kier alpha value is -5.97. The molecule has 0 aliphatic rings. The zero-order valence-corrected chi connectivity index (χ0v) is 31.7. The molecule has 0 saturated carbocycles. The largest absolute Gasteiger partial charge is 0.332 e. The van der Waals surface area contributed by atoms with Gasteiger partial charge in [0, 0.05) is 37.4 Å². The minimum atomic E-state index is 0. The first kappa shape index (κ1) is 34.1. The average molecular weight is 874 g/mol. The van der Waals surface area contributed by atoms with Crippen LogP contribution in [-0.2, 0) is 20.1 Å². The summed E-state index contributed by atoms with van der Waals surface area (Å²) in [6.45, 7) is 0. The smallest absolute Gasteiger partial charge is 0.0774 e. The molecule has 0 aliphatic carbocycles. The summed E-state index contributed by atoms with van der Waals surface area (Å²) in [5.41, 5.74) is 10.9. The van der Waals surface area contributed by atoms with E-state index in [4.69, 9.17) is 4.98 Å². The molecule has 0 atom stereocenters. The van der Waals surface area contributed by atoms with E-state index in [0.29, 0.717) is 0 Å². The molecule has 0 aliphatic heterocycles. The summed E-state index contributed by atoms with van der Waals surface area (Å²) >= 11 is 1.67. The third-order valence-electron chi connectivity index (χ3n) is 9.27. The molecule has 10 aromatic rings. The monoisotopic (exact) mass is 874 g/mol. The maximum atomic E-state index is 5.27. The van der Waals surface area contributed by atoms with Crippen molar-refractivity contribution in [1.29, 1.82) is 0 Å². The Morgan fingerprint density at radius 2 is 1.23 bits per heavy atom. The van der Waals surface area contributed by atoms with Gasteiger partial charge in [-0.25, -0.2) is 0 Å². The van der Waals surface area contributed by atoms with Crippen molar-refractivity contribution in [3.63, 3.8) is 0 Å². The second-order valence-corrected chi connectivity index (χ2v) is 13.2. The second kappa shape index (κ2) is 15.3. The van der Waals surface area contributed by atoms with Crippen LogP contribution in [0.4, 0.5) is 0 Å². The van der Waals surface area contributed by atoms with E-state index < -0.39 is 0 Å². The number of rotatable bonds is 5. The second-order valence-electron chi connectivity index (χ2n) is 12.4. The normalized spacial score (nSPS) is 10.9. The Kier molecular flexibility index (Phi) is 9.87. The van der Waals surface area contributed by atoms with Crippen molar-refractivity contribution < 1.29 is 20.1 Å². The van der Waals surface area contributed by atoms with Gasteiger partial charge >= 0.3 is 0 Å². The van der Waals surface area contributed by atoms with Crippen molar-refractivity contribution in [1.82, 2.24) is 14.5 Å². The molecule has 0 amide bonds. The van der Waals surface area contributed by atoms with Crippen molar-refractivity contribution >= 4 is 43.2 Å². The molecule has 3 nitrogen and oxygen atoms in total. The van der Waals surface area contributed by atoms with Crippen LogP contribution in [0.2, 0.25) is 0 Å². The first-order chi connectivity index (χ1) is 25.8. The first-order valence-electron chi connectivity index (χ1n) is 17.3. The van der Waals surface area contributed by atoms with Crippen LogP contribution < -0.4 is 0 Å². The van der Waals surface area contributed by atoms with E-state index in [0.717, 1.165) is 50.5 Å². The number of para-hydroxylation sites is 3. The molecule has 1 radical (unpaired) electrons. The Bertz CT molecular complexity index is 2680. The number of imidazole rings is 1. The number of fused-ring (bicyclic) bond motifs is 4. The van der Waals surface area contributed by atoms with Gasteiger partial charge < -0.3 is 9.55 Å². The number of hydrogen-bond acceptors (Lipinski definition) is 3. The van der Waals surface area contributed by atoms with Gasteiger partial charge in [0.2, 0.25) is 0 Å². The van der Waals surface area contributed by atoms with Gasteiger partial charge in [-0.3, -0.25) is 16.3 Å². The third kappa shape index (κ3) is 6.63. The average Bonchev–Trinajstić information content (AvgIpc) is 3.84. The molecule has 0 N–H and O–H groups in total. The summed E-state index contributed by atoms with van der Waals surface area (Å²) < 4.78 is 3.60. The number of thiophene rings is 1. The summed E-state index contributed by atoms with van der Waals surface area (Å²) in [7, 11) is 0. The van der Waals surface area contributed by atoms with Gasteiger partial charge in [-0.05, 0) is 40.4 Å². The van der Waals surface area contributed by atoms with Gasteiger partial charge in [-0.15, -0.1) is 47.3 Å². The molecule has 255 valence electrons. The fourth-order valence-corrected chi connectivity index (χ4v) is 7.83. The molecular weight excluding hydrogens is 843 g/mol. The zero-order chi connectivity index (χ0) is 34.7. The predicted molar refractivity (Wildman–Crippen MR) is 218 cm³/mol. The van der Waals surface area contributed by atoms with Gasteiger partial charge in [-0.1, -0.05) is 154 Å². The van der Waals surface area contributed by atoms with E-state index in [1.165, 1.54) is 32.0 Å². The van der Waals surface area contributed by atoms with Crippen LogP contribution in [0.3, 0.4) is 0 Å². The Balaban J connectivity index is 0.000000262. The molecule has 10 rings (SSSR count). The fraction of sp³-hybridized carbons (Fsp3) is 0. The molecule has 0 unspecified atom stereocenters. The quantitative estimate of drug-likeness (QED) is 0.161. The van der Waals surface area contributed by atoms with Gasteiger partial charge in [-0.2, -0.15) is 0 Å². The van der Waals surface area contributed by atoms with E-state index in [1.807, 2.05) is 42.5 Å². The summed E-state index contributed by atoms with van der Waals surface area (Å²) in [5.74, 6) is 0.906. The van der Waals surface area contributed by atoms with Crippen LogP contribution in [0.15, 0.2) is 188 Å². The molecule has 0 spiro atoms. The number of aromatic nitrogens is 3. The summed E-state index contributed by atoms with van der Waals surface area (Å²) in [4.78, 5) is 9.49. The topological polar surface area (TPSA) is 30.7 Å². The number of pyridine rings is 1. The number of nitrogens with zero attached hydrogens (tertiary/aromatic N) is 3. The molecular formula is C48H31IrN3S-2. The number of hydrogen-bond donors (Lipinski definition) is 0. The van der Waals surface area contributed by atoms with Crippen LogP contribution in [0, 0.1) is 11.4 Å². The fourth-order valence-electron chi connectivity index (χ4n) is 6.85. The number of benzene rings is 7. The van der Waals surface area contributed by atoms with E-state index in [-0.39, 0.29) is 20.1 Å². The Morgan fingerprint density at radius 3 is 1.94 bits per heavy atom. The summed E-state index contributed by atoms with van der Waals surface area (Å²) in [6, 6.07) is 66.2. The summed E-state index contributed by atoms with van der Waals surface area (Å²) in [5, 5.41) is 7.35. The van der Waals surface area contributed by atoms with Gasteiger partial charge in [0.05, 0.1) is 22.5 Å². The molecule has 7 aromatic carbocycles. The minimum absolute atomic E-state index is 0. The van der Waals surface area contributed by atoms with E-state index in [2.05, 4.69) is 161 Å². The molecule has 3 aromatic heterocycles. The van der Waals surface area contributed by atoms with Gasteiger partial charge in [0.25, 0.3) is 0 Å². The van der Waals surface area contributed by atoms with E-state index in [1.54, 1.807) is 17.5 Å². The summed E-state index contributed by atoms with van der Waals surface area (Å²) in [6.07, 6.45) is 1.79. The van der Waals surface area contributed by atoms with Crippen LogP contribution in [-0.4, -0.2) is 14.5 Å². The maximum Gasteiger partial charge on any atom is 0.0774 e. The Morgan fingerprint density at radius 1 is 0.547 bits per heavy atom. The molecule has 5 heteroatoms. The first-order valence-corrected chi connectivity index (χ1v) is 18.1. The third-order valence-corrected chi connectivity index (χ3v) is 10.2. The van der Waals surface area contributed by atoms with E-state index in [9.17, 15) is 0 Å². The maximum absolute atomic E-state index is 5.27. The van der Waals surface area contributed by atoms with Crippen LogP contribution in [0.5, 0.6) is 0 Å². The predicted octanol–water partition coefficient (Wildman–Crippen LogP) is 12.7. The van der Waals surface area contributed by atoms with Crippen molar-refractivity contribution in [2.45, 2.75) is 0 Å². The molecule has 3 heterocycles. The molecule has 0 fully saturated rings. The van der Waals surface area contributed by atoms with Gasteiger partial charge in [0.15, 0.2) is 0 Å². The molecule has 53 heavy (non-hydrogen) atoms. The van der Waals surface area contributed by atoms with Crippen molar-refractivity contribution in [2.24, 2.45) is 0 Å². The van der Waals surface area contributed by atoms with Crippen molar-refractivity contribution in [3.05, 3.63) is 200 Å². The van der Waals surface area contributed by atoms with Crippen LogP contribution in [0.1, 0.15) is 0 Å². The SMILES string of the molecule is [Ir].[c-]1ccccc1-c1ccccn1.[c-]1sc2c(ccc3ccccc32)c1-c1nc2ccccc2n1-c1c(-c2ccccc2)cccc1-c1ccccc1. The molecule has 0 bridgehead atoms. The standard InChI is InChI=1S/C37H23N2S.C11H8N.Ir/c1-3-12-25(13-4-1)28-18-11-19-29(26-14-5-2-6-15-26)35(28)39-34-21-10-9-20-33(34)38-37(39)32-24-40-36-30-17-8-7-16-27(30)22-23-31(32)36;1-2-6-10(7-3-1)11-8-4-5-9-12-11;/h1-23H;1-6,8-9H;/q2*-1;. The minimum Gasteiger partial charge on any atom is -0.332 e. The van der Waals surface area contributed by atoms with Gasteiger partial charge in [0.1, 0.15) is 0 Å². The van der Waals surface area contributed by atoms with Crippen molar-refractivity contribution in [3.8, 4) is 50.6 Å².